The third-order valence-corrected chi connectivity index (χ3v) is 9.62. The van der Waals surface area contributed by atoms with E-state index in [1.54, 1.807) is 17.7 Å². The topological polar surface area (TPSA) is 68.6 Å². The molecule has 6 nitrogen and oxygen atoms in total. The normalized spacial score (nSPS) is 21.5. The van der Waals surface area contributed by atoms with Crippen molar-refractivity contribution in [2.75, 3.05) is 31.2 Å². The highest BCUT2D eigenvalue weighted by Gasteiger charge is 2.48. The lowest BCUT2D eigenvalue weighted by atomic mass is 9.63. The highest BCUT2D eigenvalue weighted by molar-refractivity contribution is 7.92. The molecule has 2 aliphatic heterocycles. The fourth-order valence-electron chi connectivity index (χ4n) is 5.41. The van der Waals surface area contributed by atoms with Crippen LogP contribution in [-0.4, -0.2) is 44.5 Å². The van der Waals surface area contributed by atoms with E-state index in [-0.39, 0.29) is 18.8 Å². The predicted molar refractivity (Wildman–Crippen MR) is 120 cm³/mol. The molecule has 3 fully saturated rings. The van der Waals surface area contributed by atoms with Gasteiger partial charge in [-0.25, -0.2) is 8.42 Å². The van der Waals surface area contributed by atoms with Crippen LogP contribution in [0, 0.1) is 5.41 Å². The molecular formula is C24H26N2O4S. The fourth-order valence-corrected chi connectivity index (χ4v) is 6.88. The molecule has 2 saturated heterocycles. The maximum Gasteiger partial charge on any atom is 0.254 e. The lowest BCUT2D eigenvalue weighted by molar-refractivity contribution is 0.0416. The number of sulfone groups is 1. The van der Waals surface area contributed by atoms with Gasteiger partial charge >= 0.3 is 0 Å². The van der Waals surface area contributed by atoms with Crippen molar-refractivity contribution < 1.29 is 13.2 Å². The van der Waals surface area contributed by atoms with E-state index in [1.807, 2.05) is 30.5 Å². The van der Waals surface area contributed by atoms with Crippen LogP contribution in [0.2, 0.25) is 0 Å². The average Bonchev–Trinajstić information content (AvgIpc) is 3.11. The number of anilines is 1. The van der Waals surface area contributed by atoms with Gasteiger partial charge in [0.1, 0.15) is 5.25 Å². The summed E-state index contributed by atoms with van der Waals surface area (Å²) in [4.78, 5) is 15.3. The van der Waals surface area contributed by atoms with Gasteiger partial charge in [-0.1, -0.05) is 18.6 Å². The van der Waals surface area contributed by atoms with Crippen molar-refractivity contribution in [1.29, 1.82) is 0 Å². The number of aromatic nitrogens is 1. The molecule has 0 N–H and O–H groups in total. The second kappa shape index (κ2) is 6.56. The van der Waals surface area contributed by atoms with Crippen molar-refractivity contribution in [3.05, 3.63) is 52.0 Å². The van der Waals surface area contributed by atoms with Crippen molar-refractivity contribution in [2.24, 2.45) is 12.5 Å². The van der Waals surface area contributed by atoms with Crippen LogP contribution < -0.4 is 10.5 Å². The Morgan fingerprint density at radius 2 is 1.90 bits per heavy atom. The summed E-state index contributed by atoms with van der Waals surface area (Å²) < 4.78 is 33.0. The number of hydrogen-bond acceptors (Lipinski definition) is 5. The molecule has 3 heterocycles. The number of hydrogen-bond donors (Lipinski definition) is 0. The SMILES string of the molecule is Cn1cc(-c2cc(S(=O)(=O)C3COC3)ccc2N2CC3(CCC3)C2)c2c(c1=O)CC=C2. The Balaban J connectivity index is 1.51. The molecule has 0 bridgehead atoms. The van der Waals surface area contributed by atoms with Gasteiger partial charge in [-0.15, -0.1) is 0 Å². The van der Waals surface area contributed by atoms with Crippen molar-refractivity contribution in [3.8, 4) is 11.1 Å². The lowest BCUT2D eigenvalue weighted by Crippen LogP contribution is -2.60. The summed E-state index contributed by atoms with van der Waals surface area (Å²) in [5.41, 5.74) is 5.05. The van der Waals surface area contributed by atoms with Crippen molar-refractivity contribution >= 4 is 21.6 Å². The van der Waals surface area contributed by atoms with Crippen LogP contribution in [0.3, 0.4) is 0 Å². The van der Waals surface area contributed by atoms with Crippen LogP contribution in [0.1, 0.15) is 30.4 Å². The van der Waals surface area contributed by atoms with Crippen LogP contribution in [0.4, 0.5) is 5.69 Å². The Kier molecular flexibility index (Phi) is 4.09. The molecule has 1 saturated carbocycles. The van der Waals surface area contributed by atoms with E-state index in [0.717, 1.165) is 41.0 Å². The maximum atomic E-state index is 13.1. The van der Waals surface area contributed by atoms with E-state index in [9.17, 15) is 13.2 Å². The largest absolute Gasteiger partial charge is 0.379 e. The minimum Gasteiger partial charge on any atom is -0.379 e. The number of aryl methyl sites for hydroxylation is 1. The quantitative estimate of drug-likeness (QED) is 0.734. The van der Waals surface area contributed by atoms with E-state index in [1.165, 1.54) is 19.3 Å². The first-order valence-corrected chi connectivity index (χ1v) is 12.5. The van der Waals surface area contributed by atoms with E-state index < -0.39 is 15.1 Å². The predicted octanol–water partition coefficient (Wildman–Crippen LogP) is 2.78. The summed E-state index contributed by atoms with van der Waals surface area (Å²) in [7, 11) is -1.68. The molecule has 1 spiro atoms. The molecule has 4 aliphatic rings. The van der Waals surface area contributed by atoms with Crippen molar-refractivity contribution in [3.63, 3.8) is 0 Å². The van der Waals surface area contributed by atoms with Crippen LogP contribution in [0.5, 0.6) is 0 Å². The molecule has 0 unspecified atom stereocenters. The Labute approximate surface area is 182 Å². The molecule has 6 rings (SSSR count). The van der Waals surface area contributed by atoms with E-state index in [0.29, 0.717) is 16.7 Å². The monoisotopic (exact) mass is 438 g/mol. The number of benzene rings is 1. The second-order valence-electron chi connectivity index (χ2n) is 9.55. The summed E-state index contributed by atoms with van der Waals surface area (Å²) in [6.07, 6.45) is 10.4. The third kappa shape index (κ3) is 2.79. The molecule has 0 radical (unpaired) electrons. The standard InChI is InChI=1S/C24H26N2O4S/c1-25-11-21(18-4-2-5-19(18)23(25)27)20-10-16(31(28,29)17-12-30-13-17)6-7-22(20)26-14-24(15-26)8-3-9-24/h2,4,6-7,10-11,17H,3,5,8-9,12-15H2,1H3. The van der Waals surface area contributed by atoms with Gasteiger partial charge in [-0.05, 0) is 43.0 Å². The summed E-state index contributed by atoms with van der Waals surface area (Å²) >= 11 is 0. The zero-order chi connectivity index (χ0) is 21.4. The Bertz CT molecular complexity index is 1280. The number of allylic oxidation sites excluding steroid dienone is 1. The lowest BCUT2D eigenvalue weighted by Gasteiger charge is -2.57. The van der Waals surface area contributed by atoms with Gasteiger partial charge in [-0.2, -0.15) is 0 Å². The molecule has 0 amide bonds. The van der Waals surface area contributed by atoms with Gasteiger partial charge in [0.2, 0.25) is 0 Å². The Morgan fingerprint density at radius 1 is 1.13 bits per heavy atom. The van der Waals surface area contributed by atoms with E-state index >= 15 is 0 Å². The van der Waals surface area contributed by atoms with E-state index in [2.05, 4.69) is 4.90 Å². The summed E-state index contributed by atoms with van der Waals surface area (Å²) in [6.45, 7) is 2.55. The summed E-state index contributed by atoms with van der Waals surface area (Å²) in [6, 6.07) is 5.53. The van der Waals surface area contributed by atoms with Crippen molar-refractivity contribution in [1.82, 2.24) is 4.57 Å². The third-order valence-electron chi connectivity index (χ3n) is 7.56. The number of ether oxygens (including phenoxy) is 1. The molecule has 0 atom stereocenters. The highest BCUT2D eigenvalue weighted by atomic mass is 32.2. The van der Waals surface area contributed by atoms with Crippen molar-refractivity contribution in [2.45, 2.75) is 35.8 Å². The smallest absolute Gasteiger partial charge is 0.254 e. The minimum absolute atomic E-state index is 0.0121. The molecule has 31 heavy (non-hydrogen) atoms. The van der Waals surface area contributed by atoms with Gasteiger partial charge in [0.15, 0.2) is 9.84 Å². The summed E-state index contributed by atoms with van der Waals surface area (Å²) in [5.74, 6) is 0. The minimum atomic E-state index is -3.44. The van der Waals surface area contributed by atoms with Gasteiger partial charge in [0.05, 0.1) is 18.1 Å². The molecule has 2 aliphatic carbocycles. The first-order chi connectivity index (χ1) is 14.9. The molecular weight excluding hydrogens is 412 g/mol. The Morgan fingerprint density at radius 3 is 2.55 bits per heavy atom. The molecule has 162 valence electrons. The van der Waals surface area contributed by atoms with Gasteiger partial charge in [0.25, 0.3) is 5.56 Å². The number of fused-ring (bicyclic) bond motifs is 1. The second-order valence-corrected chi connectivity index (χ2v) is 11.8. The number of pyridine rings is 1. The van der Waals surface area contributed by atoms with Crippen LogP contribution in [-0.2, 0) is 28.0 Å². The van der Waals surface area contributed by atoms with Crippen LogP contribution in [0.15, 0.2) is 40.2 Å². The molecule has 2 aromatic rings. The highest BCUT2D eigenvalue weighted by Crippen LogP contribution is 2.51. The maximum absolute atomic E-state index is 13.1. The zero-order valence-electron chi connectivity index (χ0n) is 17.6. The van der Waals surface area contributed by atoms with Crippen LogP contribution in [0.25, 0.3) is 17.2 Å². The molecule has 7 heteroatoms. The Hall–Kier alpha value is -2.38. The number of rotatable bonds is 4. The van der Waals surface area contributed by atoms with Gasteiger partial charge < -0.3 is 14.2 Å². The van der Waals surface area contributed by atoms with Gasteiger partial charge in [-0.3, -0.25) is 4.79 Å². The molecule has 1 aromatic carbocycles. The average molecular weight is 439 g/mol. The fraction of sp³-hybridized carbons (Fsp3) is 0.458. The van der Waals surface area contributed by atoms with Gasteiger partial charge in [0, 0.05) is 54.1 Å². The number of nitrogens with zero attached hydrogens (tertiary/aromatic N) is 2. The zero-order valence-corrected chi connectivity index (χ0v) is 18.5. The van der Waals surface area contributed by atoms with E-state index in [4.69, 9.17) is 4.74 Å². The molecule has 1 aromatic heterocycles. The van der Waals surface area contributed by atoms with Crippen LogP contribution >= 0.6 is 0 Å². The first-order valence-electron chi connectivity index (χ1n) is 11.0. The summed E-state index contributed by atoms with van der Waals surface area (Å²) in [5, 5.41) is -0.473. The first kappa shape index (κ1) is 19.3.